The highest BCUT2D eigenvalue weighted by atomic mass is 35.5. The van der Waals surface area contributed by atoms with Gasteiger partial charge in [0.15, 0.2) is 0 Å². The van der Waals surface area contributed by atoms with E-state index in [4.69, 9.17) is 16.6 Å². The van der Waals surface area contributed by atoms with E-state index in [1.807, 2.05) is 18.2 Å². The van der Waals surface area contributed by atoms with Gasteiger partial charge in [0.25, 0.3) is 0 Å². The van der Waals surface area contributed by atoms with Crippen molar-refractivity contribution in [1.29, 1.82) is 0 Å². The summed E-state index contributed by atoms with van der Waals surface area (Å²) in [4.78, 5) is 23.7. The van der Waals surface area contributed by atoms with E-state index in [9.17, 15) is 9.90 Å². The molecule has 8 heteroatoms. The van der Waals surface area contributed by atoms with Gasteiger partial charge in [-0.25, -0.2) is 9.97 Å². The Morgan fingerprint density at radius 1 is 1.28 bits per heavy atom. The quantitative estimate of drug-likeness (QED) is 0.711. The first-order valence-corrected chi connectivity index (χ1v) is 10.6. The fourth-order valence-electron chi connectivity index (χ4n) is 3.85. The second kappa shape index (κ2) is 9.07. The molecule has 0 aromatic carbocycles. The molecule has 0 bridgehead atoms. The number of nitrogens with zero attached hydrogens (tertiary/aromatic N) is 3. The smallest absolute Gasteiger partial charge is 0.229 e. The molecule has 0 radical (unpaired) electrons. The molecule has 4 heterocycles. The lowest BCUT2D eigenvalue weighted by atomic mass is 9.99. The Labute approximate surface area is 175 Å². The number of carbonyl (C=O) groups excluding carboxylic acids is 1. The van der Waals surface area contributed by atoms with E-state index in [1.54, 1.807) is 12.3 Å². The minimum absolute atomic E-state index is 0.0217. The summed E-state index contributed by atoms with van der Waals surface area (Å²) < 4.78 is 0. The molecule has 2 aromatic rings. The maximum atomic E-state index is 12.5. The van der Waals surface area contributed by atoms with Crippen molar-refractivity contribution in [2.75, 3.05) is 36.4 Å². The molecule has 0 aliphatic carbocycles. The Morgan fingerprint density at radius 3 is 2.86 bits per heavy atom. The molecule has 4 rings (SSSR count). The van der Waals surface area contributed by atoms with Crippen molar-refractivity contribution >= 4 is 29.1 Å². The van der Waals surface area contributed by atoms with Gasteiger partial charge >= 0.3 is 0 Å². The zero-order valence-corrected chi connectivity index (χ0v) is 17.0. The standard InChI is InChI=1S/C21H26ClN5O2/c22-17-13-24-19(26-21(29)14-3-2-8-23-12-14)11-16(17)18-4-1-5-20(25-18)27-9-6-15(28)7-10-27/h1,4-5,11,13-15,23,28H,2-3,6-10,12H2,(H,24,26,29). The van der Waals surface area contributed by atoms with Gasteiger partial charge in [0, 0.05) is 31.4 Å². The van der Waals surface area contributed by atoms with Crippen LogP contribution in [0, 0.1) is 5.92 Å². The zero-order valence-electron chi connectivity index (χ0n) is 16.3. The molecule has 2 aliphatic heterocycles. The van der Waals surface area contributed by atoms with E-state index in [2.05, 4.69) is 20.5 Å². The van der Waals surface area contributed by atoms with Crippen LogP contribution < -0.4 is 15.5 Å². The normalized spacial score (nSPS) is 20.5. The second-order valence-electron chi connectivity index (χ2n) is 7.68. The van der Waals surface area contributed by atoms with Gasteiger partial charge in [-0.2, -0.15) is 0 Å². The lowest BCUT2D eigenvalue weighted by Gasteiger charge is -2.30. The van der Waals surface area contributed by atoms with Crippen LogP contribution in [0.3, 0.4) is 0 Å². The molecule has 0 saturated carbocycles. The number of anilines is 2. The number of rotatable bonds is 4. The van der Waals surface area contributed by atoms with Crippen LogP contribution in [0.4, 0.5) is 11.6 Å². The minimum Gasteiger partial charge on any atom is -0.393 e. The van der Waals surface area contributed by atoms with Gasteiger partial charge in [0.2, 0.25) is 5.91 Å². The monoisotopic (exact) mass is 415 g/mol. The van der Waals surface area contributed by atoms with Gasteiger partial charge in [-0.1, -0.05) is 17.7 Å². The molecule has 29 heavy (non-hydrogen) atoms. The Morgan fingerprint density at radius 2 is 2.10 bits per heavy atom. The summed E-state index contributed by atoms with van der Waals surface area (Å²) in [6, 6.07) is 7.60. The first kappa shape index (κ1) is 20.1. The van der Waals surface area contributed by atoms with Gasteiger partial charge in [0.05, 0.1) is 22.7 Å². The maximum Gasteiger partial charge on any atom is 0.229 e. The summed E-state index contributed by atoms with van der Waals surface area (Å²) in [7, 11) is 0. The predicted molar refractivity (Wildman–Crippen MR) is 114 cm³/mol. The summed E-state index contributed by atoms with van der Waals surface area (Å²) in [5.74, 6) is 1.28. The third kappa shape index (κ3) is 4.86. The molecule has 154 valence electrons. The van der Waals surface area contributed by atoms with E-state index in [-0.39, 0.29) is 17.9 Å². The van der Waals surface area contributed by atoms with E-state index >= 15 is 0 Å². The fraction of sp³-hybridized carbons (Fsp3) is 0.476. The SMILES string of the molecule is O=C(Nc1cc(-c2cccc(N3CCC(O)CC3)n2)c(Cl)cn1)C1CCCNC1. The number of halogens is 1. The number of aromatic nitrogens is 2. The van der Waals surface area contributed by atoms with Crippen LogP contribution in [0.2, 0.25) is 5.02 Å². The Hall–Kier alpha value is -2.22. The third-order valence-corrected chi connectivity index (χ3v) is 5.87. The first-order chi connectivity index (χ1) is 14.1. The second-order valence-corrected chi connectivity index (χ2v) is 8.09. The van der Waals surface area contributed by atoms with Crippen molar-refractivity contribution in [3.63, 3.8) is 0 Å². The fourth-order valence-corrected chi connectivity index (χ4v) is 4.05. The van der Waals surface area contributed by atoms with Crippen LogP contribution in [0.15, 0.2) is 30.5 Å². The van der Waals surface area contributed by atoms with Crippen LogP contribution in [0.1, 0.15) is 25.7 Å². The lowest BCUT2D eigenvalue weighted by molar-refractivity contribution is -0.120. The van der Waals surface area contributed by atoms with Gasteiger partial charge in [-0.3, -0.25) is 4.79 Å². The topological polar surface area (TPSA) is 90.4 Å². The number of pyridine rings is 2. The molecule has 2 aromatic heterocycles. The third-order valence-electron chi connectivity index (χ3n) is 5.57. The van der Waals surface area contributed by atoms with Crippen LogP contribution >= 0.6 is 11.6 Å². The molecule has 1 amide bonds. The van der Waals surface area contributed by atoms with Crippen molar-refractivity contribution in [3.05, 3.63) is 35.5 Å². The predicted octanol–water partition coefficient (Wildman–Crippen LogP) is 2.70. The van der Waals surface area contributed by atoms with Crippen LogP contribution in [0.25, 0.3) is 11.3 Å². The van der Waals surface area contributed by atoms with Crippen LogP contribution in [-0.2, 0) is 4.79 Å². The van der Waals surface area contributed by atoms with Crippen molar-refractivity contribution in [3.8, 4) is 11.3 Å². The number of aliphatic hydroxyl groups excluding tert-OH is 1. The number of hydrogen-bond donors (Lipinski definition) is 3. The highest BCUT2D eigenvalue weighted by Gasteiger charge is 2.22. The van der Waals surface area contributed by atoms with E-state index < -0.39 is 0 Å². The van der Waals surface area contributed by atoms with E-state index in [0.29, 0.717) is 17.4 Å². The molecule has 1 unspecified atom stereocenters. The number of piperidine rings is 2. The van der Waals surface area contributed by atoms with Crippen molar-refractivity contribution < 1.29 is 9.90 Å². The van der Waals surface area contributed by atoms with Crippen LogP contribution in [0.5, 0.6) is 0 Å². The van der Waals surface area contributed by atoms with Gasteiger partial charge in [-0.15, -0.1) is 0 Å². The van der Waals surface area contributed by atoms with E-state index in [1.165, 1.54) is 0 Å². The summed E-state index contributed by atoms with van der Waals surface area (Å²) in [5, 5.41) is 16.4. The number of aliphatic hydroxyl groups is 1. The van der Waals surface area contributed by atoms with Gasteiger partial charge in [0.1, 0.15) is 11.6 Å². The molecule has 2 aliphatic rings. The van der Waals surface area contributed by atoms with Crippen molar-refractivity contribution in [2.24, 2.45) is 5.92 Å². The van der Waals surface area contributed by atoms with Crippen LogP contribution in [-0.4, -0.2) is 53.3 Å². The Kier molecular flexibility index (Phi) is 6.28. The number of nitrogens with one attached hydrogen (secondary N) is 2. The molecule has 3 N–H and O–H groups in total. The van der Waals surface area contributed by atoms with Crippen molar-refractivity contribution in [1.82, 2.24) is 15.3 Å². The summed E-state index contributed by atoms with van der Waals surface area (Å²) >= 11 is 6.40. The molecule has 2 saturated heterocycles. The summed E-state index contributed by atoms with van der Waals surface area (Å²) in [6.45, 7) is 3.21. The number of carbonyl (C=O) groups is 1. The molecular formula is C21H26ClN5O2. The molecular weight excluding hydrogens is 390 g/mol. The minimum atomic E-state index is -0.227. The van der Waals surface area contributed by atoms with E-state index in [0.717, 1.165) is 62.4 Å². The average molecular weight is 416 g/mol. The maximum absolute atomic E-state index is 12.5. The lowest BCUT2D eigenvalue weighted by Crippen LogP contribution is -2.37. The average Bonchev–Trinajstić information content (AvgIpc) is 2.76. The van der Waals surface area contributed by atoms with Gasteiger partial charge < -0.3 is 20.6 Å². The number of amides is 1. The largest absolute Gasteiger partial charge is 0.393 e. The molecule has 7 nitrogen and oxygen atoms in total. The van der Waals surface area contributed by atoms with Gasteiger partial charge in [-0.05, 0) is 50.4 Å². The zero-order chi connectivity index (χ0) is 20.2. The molecule has 2 fully saturated rings. The number of hydrogen-bond acceptors (Lipinski definition) is 6. The summed E-state index contributed by atoms with van der Waals surface area (Å²) in [5.41, 5.74) is 1.47. The van der Waals surface area contributed by atoms with Crippen molar-refractivity contribution in [2.45, 2.75) is 31.8 Å². The summed E-state index contributed by atoms with van der Waals surface area (Å²) in [6.07, 6.45) is 4.70. The molecule has 1 atom stereocenters. The highest BCUT2D eigenvalue weighted by molar-refractivity contribution is 6.33. The Balaban J connectivity index is 1.53. The Bertz CT molecular complexity index is 864. The first-order valence-electron chi connectivity index (χ1n) is 10.2. The highest BCUT2D eigenvalue weighted by Crippen LogP contribution is 2.30. The molecule has 0 spiro atoms.